The first-order valence-corrected chi connectivity index (χ1v) is 22.7. The van der Waals surface area contributed by atoms with Crippen molar-refractivity contribution < 1.29 is 48.5 Å². The lowest BCUT2D eigenvalue weighted by Crippen LogP contribution is -2.63. The quantitative estimate of drug-likeness (QED) is 0.0573. The minimum Gasteiger partial charge on any atom is -0.478 e. The Balaban J connectivity index is 1.01. The number of hydrogen-bond donors (Lipinski definition) is 4. The minimum absolute atomic E-state index is 0.0354. The summed E-state index contributed by atoms with van der Waals surface area (Å²) in [4.78, 5) is 85.4. The number of unbranched alkanes of at least 4 members (excludes halogenated alkanes) is 2. The Labute approximate surface area is 381 Å². The number of benzene rings is 3. The molecular formula is C48H57N6O10S+. The molecule has 0 unspecified atom stereocenters. The highest BCUT2D eigenvalue weighted by molar-refractivity contribution is 8.03. The molecule has 4 amide bonds. The number of rotatable bonds is 15. The highest BCUT2D eigenvalue weighted by Gasteiger charge is 2.60. The Bertz CT molecular complexity index is 2670. The third-order valence-corrected chi connectivity index (χ3v) is 14.3. The van der Waals surface area contributed by atoms with Gasteiger partial charge in [0, 0.05) is 104 Å². The minimum atomic E-state index is -1.23. The number of carboxylic acids is 2. The van der Waals surface area contributed by atoms with Crippen molar-refractivity contribution in [2.24, 2.45) is 11.8 Å². The summed E-state index contributed by atoms with van der Waals surface area (Å²) in [5.41, 5.74) is 3.39. The summed E-state index contributed by atoms with van der Waals surface area (Å²) >= 11 is 1.30. The van der Waals surface area contributed by atoms with Crippen molar-refractivity contribution in [3.05, 3.63) is 81.7 Å². The molecule has 2 aromatic carbocycles. The van der Waals surface area contributed by atoms with Gasteiger partial charge in [0.05, 0.1) is 29.7 Å². The maximum Gasteiger partial charge on any atom is 0.353 e. The first-order valence-electron chi connectivity index (χ1n) is 21.8. The number of anilines is 1. The molecule has 2 saturated heterocycles. The van der Waals surface area contributed by atoms with E-state index in [1.165, 1.54) is 40.6 Å². The average molecular weight is 910 g/mol. The molecule has 4 aliphatic heterocycles. The van der Waals surface area contributed by atoms with Gasteiger partial charge in [-0.25, -0.2) is 14.2 Å². The zero-order valence-corrected chi connectivity index (χ0v) is 38.8. The van der Waals surface area contributed by atoms with Crippen LogP contribution in [0.4, 0.5) is 5.69 Å². The van der Waals surface area contributed by atoms with Gasteiger partial charge < -0.3 is 44.7 Å². The molecule has 0 saturated carbocycles. The molecular weight excluding hydrogens is 853 g/mol. The third-order valence-electron chi connectivity index (χ3n) is 12.8. The second-order valence-corrected chi connectivity index (χ2v) is 19.1. The van der Waals surface area contributed by atoms with Crippen LogP contribution in [0.1, 0.15) is 66.7 Å². The number of β-lactam (4-membered cyclic amide) rings is 1. The van der Waals surface area contributed by atoms with Crippen molar-refractivity contribution in [1.82, 2.24) is 24.6 Å². The SMILES string of the molecule is C[C@@H](O)[C@H]1C(=O)N2C(C(=O)O)=C(S[C@H]3C[C@@H](C(=O)N(C)C)N(C(=O)CCCCCNC(=O)c4ccc(C(=O)O)c(-c5c6ccc(=[N+](C)C)cc-6oc6cc(N(C)C)ccc56)c4)C3)[C@H](C)[C@H]12. The number of carboxylic acid groups (broad SMARTS) is 2. The average Bonchev–Trinajstić information content (AvgIpc) is 3.79. The summed E-state index contributed by atoms with van der Waals surface area (Å²) in [7, 11) is 10.9. The standard InChI is InChI=1S/C48H56N6O10S/c1-25-41-39(26(2)55)46(59)54(41)42(48(62)63)43(25)65-30-23-35(45(58)52(7)8)53(24-30)38(56)12-10-9-11-19-49-44(57)27-13-16-31(47(60)61)34(20-27)40-32-17-14-28(50(3)4)21-36(32)64-37-22-29(51(5)6)15-18-33(37)40/h13-18,20-22,25-26,30,35,39,41,55H,9-12,19,23-24H2,1-8H3,(H2-,49,57,60,61,62,63)/p+1/t25-,26-,30+,35+,39-,41-/m1/s1. The number of aromatic carboxylic acids is 1. The molecule has 1 aliphatic carbocycles. The Morgan fingerprint density at radius 2 is 1.68 bits per heavy atom. The maximum absolute atomic E-state index is 13.7. The second-order valence-electron chi connectivity index (χ2n) is 17.8. The summed E-state index contributed by atoms with van der Waals surface area (Å²) in [6.07, 6.45) is 1.22. The lowest BCUT2D eigenvalue weighted by atomic mass is 9.79. The Kier molecular flexibility index (Phi) is 13.5. The number of amides is 4. The van der Waals surface area contributed by atoms with Gasteiger partial charge in [-0.2, -0.15) is 0 Å². The Morgan fingerprint density at radius 3 is 2.32 bits per heavy atom. The van der Waals surface area contributed by atoms with Crippen molar-refractivity contribution in [1.29, 1.82) is 0 Å². The molecule has 0 radical (unpaired) electrons. The number of carbonyl (C=O) groups is 6. The van der Waals surface area contributed by atoms with Crippen LogP contribution in [0.15, 0.2) is 69.6 Å². The highest BCUT2D eigenvalue weighted by atomic mass is 32.2. The lowest BCUT2D eigenvalue weighted by Gasteiger charge is -2.46. The number of hydrogen-bond acceptors (Lipinski definition) is 10. The molecule has 0 spiro atoms. The molecule has 16 nitrogen and oxygen atoms in total. The Hall–Kier alpha value is -6.20. The number of aliphatic hydroxyl groups is 1. The highest BCUT2D eigenvalue weighted by Crippen LogP contribution is 2.52. The van der Waals surface area contributed by atoms with Crippen LogP contribution in [0.5, 0.6) is 0 Å². The first kappa shape index (κ1) is 46.8. The maximum atomic E-state index is 13.7. The van der Waals surface area contributed by atoms with E-state index in [9.17, 15) is 44.1 Å². The van der Waals surface area contributed by atoms with E-state index in [-0.39, 0.29) is 58.7 Å². The number of aliphatic hydroxyl groups excluding tert-OH is 1. The fraction of sp³-hybridized carbons (Fsp3) is 0.438. The van der Waals surface area contributed by atoms with Gasteiger partial charge in [0.1, 0.15) is 37.2 Å². The molecule has 2 aromatic rings. The van der Waals surface area contributed by atoms with Crippen LogP contribution < -0.4 is 20.1 Å². The monoisotopic (exact) mass is 909 g/mol. The van der Waals surface area contributed by atoms with Crippen LogP contribution in [0.25, 0.3) is 33.4 Å². The number of nitrogens with one attached hydrogen (secondary N) is 1. The van der Waals surface area contributed by atoms with E-state index in [0.717, 1.165) is 11.0 Å². The van der Waals surface area contributed by atoms with Gasteiger partial charge in [0.25, 0.3) is 5.91 Å². The summed E-state index contributed by atoms with van der Waals surface area (Å²) in [5.74, 6) is -4.07. The van der Waals surface area contributed by atoms with Crippen LogP contribution in [0, 0.1) is 11.8 Å². The fourth-order valence-electron chi connectivity index (χ4n) is 9.37. The first-order chi connectivity index (χ1) is 30.8. The molecule has 4 heterocycles. The number of aliphatic carboxylic acids is 1. The normalized spacial score (nSPS) is 20.8. The van der Waals surface area contributed by atoms with Crippen LogP contribution in [-0.2, 0) is 19.2 Å². The van der Waals surface area contributed by atoms with Gasteiger partial charge >= 0.3 is 11.9 Å². The molecule has 6 atom stereocenters. The topological polar surface area (TPSA) is 204 Å². The Morgan fingerprint density at radius 1 is 0.938 bits per heavy atom. The summed E-state index contributed by atoms with van der Waals surface area (Å²) < 4.78 is 8.38. The number of carbonyl (C=O) groups excluding carboxylic acids is 4. The van der Waals surface area contributed by atoms with Gasteiger partial charge in [0.15, 0.2) is 0 Å². The molecule has 344 valence electrons. The predicted molar refractivity (Wildman–Crippen MR) is 247 cm³/mol. The van der Waals surface area contributed by atoms with Crippen LogP contribution in [-0.4, -0.2) is 144 Å². The molecule has 17 heteroatoms. The van der Waals surface area contributed by atoms with E-state index >= 15 is 0 Å². The van der Waals surface area contributed by atoms with E-state index in [0.29, 0.717) is 70.6 Å². The zero-order chi connectivity index (χ0) is 47.2. The molecule has 0 aromatic heterocycles. The van der Waals surface area contributed by atoms with E-state index in [4.69, 9.17) is 4.42 Å². The molecule has 65 heavy (non-hydrogen) atoms. The van der Waals surface area contributed by atoms with Crippen LogP contribution >= 0.6 is 11.8 Å². The number of likely N-dealkylation sites (tertiary alicyclic amines) is 1. The van der Waals surface area contributed by atoms with Crippen molar-refractivity contribution >= 4 is 64.0 Å². The van der Waals surface area contributed by atoms with Gasteiger partial charge in [-0.1, -0.05) is 13.3 Å². The molecule has 2 fully saturated rings. The van der Waals surface area contributed by atoms with Crippen LogP contribution in [0.2, 0.25) is 0 Å². The molecule has 0 bridgehead atoms. The number of fused-ring (bicyclic) bond motifs is 3. The van der Waals surface area contributed by atoms with Gasteiger partial charge in [0.2, 0.25) is 23.1 Å². The summed E-state index contributed by atoms with van der Waals surface area (Å²) in [6.45, 7) is 3.91. The molecule has 5 aliphatic rings. The van der Waals surface area contributed by atoms with Crippen LogP contribution in [0.3, 0.4) is 0 Å². The van der Waals surface area contributed by atoms with E-state index < -0.39 is 42.0 Å². The smallest absolute Gasteiger partial charge is 0.353 e. The summed E-state index contributed by atoms with van der Waals surface area (Å²) in [5, 5.41) is 35.0. The second kappa shape index (κ2) is 18.7. The molecule has 4 N–H and O–H groups in total. The van der Waals surface area contributed by atoms with E-state index in [1.807, 2.05) is 81.0 Å². The fourth-order valence-corrected chi connectivity index (χ4v) is 10.9. The van der Waals surface area contributed by atoms with Crippen molar-refractivity contribution in [2.45, 2.75) is 69.4 Å². The number of thioether (sulfide) groups is 1. The predicted octanol–water partition coefficient (Wildman–Crippen LogP) is 4.24. The van der Waals surface area contributed by atoms with E-state index in [1.54, 1.807) is 25.1 Å². The van der Waals surface area contributed by atoms with Gasteiger partial charge in [-0.15, -0.1) is 11.8 Å². The van der Waals surface area contributed by atoms with Crippen molar-refractivity contribution in [3.63, 3.8) is 0 Å². The zero-order valence-electron chi connectivity index (χ0n) is 38.0. The molecule has 7 rings (SSSR count). The van der Waals surface area contributed by atoms with Crippen molar-refractivity contribution in [3.8, 4) is 22.5 Å². The van der Waals surface area contributed by atoms with Gasteiger partial charge in [-0.3, -0.25) is 19.2 Å². The number of nitrogens with zero attached hydrogens (tertiary/aromatic N) is 5. The number of likely N-dealkylation sites (N-methyl/N-ethyl adjacent to an activating group) is 1. The van der Waals surface area contributed by atoms with Gasteiger partial charge in [-0.05, 0) is 68.1 Å². The van der Waals surface area contributed by atoms with E-state index in [2.05, 4.69) is 5.32 Å². The van der Waals surface area contributed by atoms with Crippen molar-refractivity contribution in [2.75, 3.05) is 60.3 Å². The lowest BCUT2D eigenvalue weighted by molar-refractivity contribution is -0.163. The largest absolute Gasteiger partial charge is 0.478 e. The third kappa shape index (κ3) is 8.95. The summed E-state index contributed by atoms with van der Waals surface area (Å²) in [6, 6.07) is 14.9.